The Morgan fingerprint density at radius 2 is 1.66 bits per heavy atom. The number of carbonyl (C=O) groups excluding carboxylic acids is 1. The molecule has 0 aliphatic heterocycles. The first-order valence-electron chi connectivity index (χ1n) is 10.8. The van der Waals surface area contributed by atoms with Crippen LogP contribution < -0.4 is 19.1 Å². The molecule has 1 atom stereocenters. The molecule has 35 heavy (non-hydrogen) atoms. The lowest BCUT2D eigenvalue weighted by Gasteiger charge is -2.20. The number of anilines is 1. The highest BCUT2D eigenvalue weighted by Crippen LogP contribution is 2.34. The summed E-state index contributed by atoms with van der Waals surface area (Å²) in [5.41, 5.74) is 1.50. The van der Waals surface area contributed by atoms with Gasteiger partial charge in [0.25, 0.3) is 15.9 Å². The average Bonchev–Trinajstić information content (AvgIpc) is 3.32. The van der Waals surface area contributed by atoms with Gasteiger partial charge < -0.3 is 14.8 Å². The molecule has 0 aliphatic carbocycles. The number of amides is 1. The molecule has 0 saturated heterocycles. The van der Waals surface area contributed by atoms with Crippen molar-refractivity contribution in [3.8, 4) is 11.5 Å². The van der Waals surface area contributed by atoms with Crippen LogP contribution in [0.25, 0.3) is 10.1 Å². The van der Waals surface area contributed by atoms with Gasteiger partial charge in [-0.3, -0.25) is 9.10 Å². The van der Waals surface area contributed by atoms with Crippen LogP contribution in [0, 0.1) is 0 Å². The van der Waals surface area contributed by atoms with Gasteiger partial charge in [0.15, 0.2) is 11.5 Å². The SMILES string of the molecule is COc1ccc(S(=O)(=O)N(C)c2ccc3sc(C(=O)N[C@@H](C)c4ccccc4)cc3c2)cc1OC. The predicted molar refractivity (Wildman–Crippen MR) is 139 cm³/mol. The molecule has 1 heterocycles. The van der Waals surface area contributed by atoms with E-state index in [-0.39, 0.29) is 16.8 Å². The molecule has 7 nitrogen and oxygen atoms in total. The Morgan fingerprint density at radius 3 is 2.34 bits per heavy atom. The monoisotopic (exact) mass is 510 g/mol. The molecule has 4 aromatic rings. The first-order chi connectivity index (χ1) is 16.7. The van der Waals surface area contributed by atoms with Crippen LogP contribution in [0.15, 0.2) is 77.7 Å². The molecule has 1 amide bonds. The van der Waals surface area contributed by atoms with Gasteiger partial charge in [0.05, 0.1) is 35.7 Å². The Hall–Kier alpha value is -3.56. The molecule has 4 rings (SSSR count). The number of fused-ring (bicyclic) bond motifs is 1. The largest absolute Gasteiger partial charge is 0.493 e. The topological polar surface area (TPSA) is 84.9 Å². The highest BCUT2D eigenvalue weighted by atomic mass is 32.2. The molecule has 0 spiro atoms. The molecule has 1 aromatic heterocycles. The van der Waals surface area contributed by atoms with Gasteiger partial charge in [0, 0.05) is 17.8 Å². The van der Waals surface area contributed by atoms with Gasteiger partial charge in [-0.25, -0.2) is 8.42 Å². The van der Waals surface area contributed by atoms with E-state index in [9.17, 15) is 13.2 Å². The van der Waals surface area contributed by atoms with Crippen LogP contribution in [-0.4, -0.2) is 35.6 Å². The van der Waals surface area contributed by atoms with E-state index in [0.717, 1.165) is 15.6 Å². The fourth-order valence-corrected chi connectivity index (χ4v) is 5.85. The minimum Gasteiger partial charge on any atom is -0.493 e. The van der Waals surface area contributed by atoms with Crippen molar-refractivity contribution >= 4 is 43.0 Å². The molecule has 0 unspecified atom stereocenters. The van der Waals surface area contributed by atoms with E-state index in [4.69, 9.17) is 9.47 Å². The molecule has 0 bridgehead atoms. The van der Waals surface area contributed by atoms with Crippen molar-refractivity contribution in [2.75, 3.05) is 25.6 Å². The number of hydrogen-bond acceptors (Lipinski definition) is 6. The molecule has 0 fully saturated rings. The number of rotatable bonds is 8. The summed E-state index contributed by atoms with van der Waals surface area (Å²) in [6, 6.07) is 21.2. The maximum Gasteiger partial charge on any atom is 0.264 e. The summed E-state index contributed by atoms with van der Waals surface area (Å²) in [4.78, 5) is 13.5. The number of nitrogens with zero attached hydrogens (tertiary/aromatic N) is 1. The molecule has 0 saturated carbocycles. The third kappa shape index (κ3) is 4.96. The van der Waals surface area contributed by atoms with Crippen molar-refractivity contribution in [3.05, 3.63) is 83.2 Å². The van der Waals surface area contributed by atoms with Gasteiger partial charge in [-0.15, -0.1) is 11.3 Å². The number of methoxy groups -OCH3 is 2. The normalized spacial score (nSPS) is 12.2. The number of carbonyl (C=O) groups is 1. The number of nitrogens with one attached hydrogen (secondary N) is 1. The zero-order chi connectivity index (χ0) is 25.2. The standard InChI is InChI=1S/C26H26N2O5S2/c1-17(18-8-6-5-7-9-18)27-26(29)25-15-19-14-20(10-13-24(19)34-25)28(2)35(30,31)21-11-12-22(32-3)23(16-21)33-4/h5-17H,1-4H3,(H,27,29)/t17-/m0/s1. The van der Waals surface area contributed by atoms with E-state index in [1.807, 2.05) is 43.3 Å². The molecule has 182 valence electrons. The van der Waals surface area contributed by atoms with Crippen LogP contribution in [0.5, 0.6) is 11.5 Å². The second-order valence-corrected chi connectivity index (χ2v) is 11.0. The number of sulfonamides is 1. The second-order valence-electron chi connectivity index (χ2n) is 7.93. The van der Waals surface area contributed by atoms with E-state index < -0.39 is 10.0 Å². The van der Waals surface area contributed by atoms with Crippen molar-refractivity contribution in [3.63, 3.8) is 0 Å². The maximum atomic E-state index is 13.3. The number of thiophene rings is 1. The number of hydrogen-bond donors (Lipinski definition) is 1. The highest BCUT2D eigenvalue weighted by Gasteiger charge is 2.24. The van der Waals surface area contributed by atoms with Gasteiger partial charge in [0.1, 0.15) is 0 Å². The minimum atomic E-state index is -3.85. The van der Waals surface area contributed by atoms with Crippen LogP contribution in [0.4, 0.5) is 5.69 Å². The van der Waals surface area contributed by atoms with Crippen molar-refractivity contribution in [1.82, 2.24) is 5.32 Å². The summed E-state index contributed by atoms with van der Waals surface area (Å²) >= 11 is 1.37. The molecule has 1 N–H and O–H groups in total. The number of ether oxygens (including phenoxy) is 2. The zero-order valence-electron chi connectivity index (χ0n) is 19.8. The first kappa shape index (κ1) is 24.6. The molecular formula is C26H26N2O5S2. The van der Waals surface area contributed by atoms with E-state index in [1.54, 1.807) is 24.3 Å². The summed E-state index contributed by atoms with van der Waals surface area (Å²) in [6.45, 7) is 1.94. The van der Waals surface area contributed by atoms with Crippen LogP contribution in [-0.2, 0) is 10.0 Å². The lowest BCUT2D eigenvalue weighted by atomic mass is 10.1. The van der Waals surface area contributed by atoms with Crippen LogP contribution in [0.2, 0.25) is 0 Å². The Kier molecular flexibility index (Phi) is 7.00. The number of benzene rings is 3. The lowest BCUT2D eigenvalue weighted by Crippen LogP contribution is -2.26. The van der Waals surface area contributed by atoms with E-state index in [1.165, 1.54) is 49.0 Å². The predicted octanol–water partition coefficient (Wildman–Crippen LogP) is 5.23. The Morgan fingerprint density at radius 1 is 0.943 bits per heavy atom. The van der Waals surface area contributed by atoms with Crippen molar-refractivity contribution in [2.45, 2.75) is 17.9 Å². The Labute approximate surface area is 209 Å². The summed E-state index contributed by atoms with van der Waals surface area (Å²) in [5, 5.41) is 3.81. The fourth-order valence-electron chi connectivity index (χ4n) is 3.71. The van der Waals surface area contributed by atoms with Gasteiger partial charge in [-0.2, -0.15) is 0 Å². The van der Waals surface area contributed by atoms with Gasteiger partial charge >= 0.3 is 0 Å². The van der Waals surface area contributed by atoms with Gasteiger partial charge in [-0.05, 0) is 54.3 Å². The van der Waals surface area contributed by atoms with Crippen molar-refractivity contribution in [1.29, 1.82) is 0 Å². The fraction of sp³-hybridized carbons (Fsp3) is 0.192. The second kappa shape index (κ2) is 9.97. The molecule has 9 heteroatoms. The summed E-state index contributed by atoms with van der Waals surface area (Å²) in [5.74, 6) is 0.604. The summed E-state index contributed by atoms with van der Waals surface area (Å²) in [6.07, 6.45) is 0. The summed E-state index contributed by atoms with van der Waals surface area (Å²) in [7, 11) is 0.589. The van der Waals surface area contributed by atoms with Gasteiger partial charge in [0.2, 0.25) is 0 Å². The molecular weight excluding hydrogens is 484 g/mol. The van der Waals surface area contributed by atoms with Crippen LogP contribution in [0.1, 0.15) is 28.2 Å². The third-order valence-electron chi connectivity index (χ3n) is 5.75. The quantitative estimate of drug-likeness (QED) is 0.351. The first-order valence-corrected chi connectivity index (χ1v) is 13.1. The summed E-state index contributed by atoms with van der Waals surface area (Å²) < 4.78 is 39.1. The molecule has 0 radical (unpaired) electrons. The van der Waals surface area contributed by atoms with E-state index >= 15 is 0 Å². The average molecular weight is 511 g/mol. The van der Waals surface area contributed by atoms with Gasteiger partial charge in [-0.1, -0.05) is 30.3 Å². The molecule has 0 aliphatic rings. The lowest BCUT2D eigenvalue weighted by molar-refractivity contribution is 0.0944. The maximum absolute atomic E-state index is 13.3. The minimum absolute atomic E-state index is 0.0815. The van der Waals surface area contributed by atoms with Crippen LogP contribution >= 0.6 is 11.3 Å². The zero-order valence-corrected chi connectivity index (χ0v) is 21.4. The third-order valence-corrected chi connectivity index (χ3v) is 8.64. The molecule has 3 aromatic carbocycles. The van der Waals surface area contributed by atoms with E-state index in [2.05, 4.69) is 5.32 Å². The van der Waals surface area contributed by atoms with Crippen LogP contribution in [0.3, 0.4) is 0 Å². The van der Waals surface area contributed by atoms with E-state index in [0.29, 0.717) is 22.1 Å². The Bertz CT molecular complexity index is 1470. The highest BCUT2D eigenvalue weighted by molar-refractivity contribution is 7.92. The van der Waals surface area contributed by atoms with Crippen molar-refractivity contribution < 1.29 is 22.7 Å². The Balaban J connectivity index is 1.58. The van der Waals surface area contributed by atoms with Crippen molar-refractivity contribution in [2.24, 2.45) is 0 Å². The smallest absolute Gasteiger partial charge is 0.264 e.